The first-order valence-corrected chi connectivity index (χ1v) is 13.3. The zero-order chi connectivity index (χ0) is 24.7. The van der Waals surface area contributed by atoms with Crippen LogP contribution in [-0.4, -0.2) is 51.2 Å². The third-order valence-corrected chi connectivity index (χ3v) is 9.18. The molecule has 0 bridgehead atoms. The highest BCUT2D eigenvalue weighted by molar-refractivity contribution is 7.71. The molecule has 3 heterocycles. The quantitative estimate of drug-likeness (QED) is 0.535. The smallest absolute Gasteiger partial charge is 0.270 e. The molecule has 1 saturated heterocycles. The molecule has 0 aliphatic carbocycles. The molecular formula is C24H28F2N5O2P. The van der Waals surface area contributed by atoms with E-state index in [9.17, 15) is 18.1 Å². The van der Waals surface area contributed by atoms with Gasteiger partial charge in [-0.15, -0.1) is 0 Å². The molecule has 34 heavy (non-hydrogen) atoms. The monoisotopic (exact) mass is 487 g/mol. The molecule has 0 radical (unpaired) electrons. The number of nitrogens with one attached hydrogen (secondary N) is 1. The van der Waals surface area contributed by atoms with Gasteiger partial charge in [-0.25, -0.2) is 18.7 Å². The molecular weight excluding hydrogens is 459 g/mol. The van der Waals surface area contributed by atoms with Crippen molar-refractivity contribution in [1.82, 2.24) is 19.9 Å². The van der Waals surface area contributed by atoms with Crippen LogP contribution in [0.3, 0.4) is 0 Å². The first-order chi connectivity index (χ1) is 16.0. The molecule has 7 nitrogen and oxygen atoms in total. The number of nitrogens with zero attached hydrogens (tertiary/aromatic N) is 4. The molecule has 0 spiro atoms. The number of benzene rings is 1. The molecule has 1 N–H and O–H groups in total. The molecule has 3 aromatic rings. The first-order valence-electron chi connectivity index (χ1n) is 11.2. The Balaban J connectivity index is 1.67. The second-order valence-electron chi connectivity index (χ2n) is 8.90. The summed E-state index contributed by atoms with van der Waals surface area (Å²) in [6, 6.07) is 7.76. The van der Waals surface area contributed by atoms with Gasteiger partial charge in [0.05, 0.1) is 11.7 Å². The van der Waals surface area contributed by atoms with E-state index in [-0.39, 0.29) is 17.5 Å². The minimum atomic E-state index is -2.93. The number of hydrogen-bond donors (Lipinski definition) is 1. The maximum absolute atomic E-state index is 13.8. The van der Waals surface area contributed by atoms with Gasteiger partial charge in [0.15, 0.2) is 0 Å². The van der Waals surface area contributed by atoms with E-state index in [4.69, 9.17) is 0 Å². The highest BCUT2D eigenvalue weighted by atomic mass is 31.2. The minimum Gasteiger partial charge on any atom is -0.363 e. The number of anilines is 1. The number of carbonyl (C=O) groups is 1. The molecule has 180 valence electrons. The van der Waals surface area contributed by atoms with Crippen LogP contribution in [0.1, 0.15) is 43.8 Å². The van der Waals surface area contributed by atoms with Crippen molar-refractivity contribution < 1.29 is 18.1 Å². The van der Waals surface area contributed by atoms with Crippen LogP contribution >= 0.6 is 7.14 Å². The van der Waals surface area contributed by atoms with E-state index in [0.29, 0.717) is 59.0 Å². The molecule has 10 heteroatoms. The SMILES string of the molecule is CC(=O)N1CCP(=O)(c2cc3c(N[C@H](C)c4cccc(C(C)(F)F)c4)nc(C)nc3cn2)CC1. The Labute approximate surface area is 197 Å². The number of amides is 1. The zero-order valence-corrected chi connectivity index (χ0v) is 20.6. The standard InChI is InChI=1S/C24H28F2N5O2P/c1-15(18-6-5-7-19(12-18)24(4,25)26)28-23-20-13-22(27-14-21(20)29-16(2)30-23)34(33)10-8-31(9-11-34)17(3)32/h5-7,12-15H,8-11H2,1-4H3,(H,28,29,30)/t15-/m1/s1. The van der Waals surface area contributed by atoms with Gasteiger partial charge in [0.1, 0.15) is 24.2 Å². The average molecular weight is 487 g/mol. The Morgan fingerprint density at radius 2 is 1.91 bits per heavy atom. The molecule has 1 aromatic carbocycles. The average Bonchev–Trinajstić information content (AvgIpc) is 2.78. The van der Waals surface area contributed by atoms with Crippen LogP contribution < -0.4 is 10.8 Å². The van der Waals surface area contributed by atoms with Gasteiger partial charge in [0.2, 0.25) is 5.91 Å². The topological polar surface area (TPSA) is 88.1 Å². The van der Waals surface area contributed by atoms with Crippen molar-refractivity contribution in [3.05, 3.63) is 53.5 Å². The molecule has 2 aromatic heterocycles. The van der Waals surface area contributed by atoms with Crippen molar-refractivity contribution in [1.29, 1.82) is 0 Å². The van der Waals surface area contributed by atoms with Crippen LogP contribution in [-0.2, 0) is 15.3 Å². The zero-order valence-electron chi connectivity index (χ0n) is 19.7. The maximum atomic E-state index is 13.8. The molecule has 0 unspecified atom stereocenters. The van der Waals surface area contributed by atoms with E-state index in [2.05, 4.69) is 20.3 Å². The minimum absolute atomic E-state index is 0.0213. The summed E-state index contributed by atoms with van der Waals surface area (Å²) in [5.74, 6) is -1.89. The Morgan fingerprint density at radius 1 is 1.21 bits per heavy atom. The lowest BCUT2D eigenvalue weighted by atomic mass is 10.0. The lowest BCUT2D eigenvalue weighted by molar-refractivity contribution is -0.128. The summed E-state index contributed by atoms with van der Waals surface area (Å²) in [5.41, 5.74) is 1.75. The number of halogens is 2. The largest absolute Gasteiger partial charge is 0.363 e. The van der Waals surface area contributed by atoms with E-state index in [1.807, 2.05) is 6.92 Å². The lowest BCUT2D eigenvalue weighted by Crippen LogP contribution is -2.40. The summed E-state index contributed by atoms with van der Waals surface area (Å²) in [5, 5.41) is 3.99. The van der Waals surface area contributed by atoms with E-state index in [1.165, 1.54) is 19.1 Å². The Morgan fingerprint density at radius 3 is 2.56 bits per heavy atom. The van der Waals surface area contributed by atoms with Crippen molar-refractivity contribution >= 4 is 35.2 Å². The Hall–Kier alpha value is -2.93. The van der Waals surface area contributed by atoms with Gasteiger partial charge < -0.3 is 14.8 Å². The third kappa shape index (κ3) is 4.94. The van der Waals surface area contributed by atoms with Crippen LogP contribution in [0.2, 0.25) is 0 Å². The summed E-state index contributed by atoms with van der Waals surface area (Å²) in [6.07, 6.45) is 2.37. The summed E-state index contributed by atoms with van der Waals surface area (Å²) < 4.78 is 41.3. The molecule has 1 atom stereocenters. The maximum Gasteiger partial charge on any atom is 0.270 e. The molecule has 1 aliphatic heterocycles. The van der Waals surface area contributed by atoms with Crippen LogP contribution in [0, 0.1) is 6.92 Å². The number of hydrogen-bond acceptors (Lipinski definition) is 6. The van der Waals surface area contributed by atoms with Crippen LogP contribution in [0.5, 0.6) is 0 Å². The fourth-order valence-corrected chi connectivity index (χ4v) is 6.62. The van der Waals surface area contributed by atoms with Crippen LogP contribution in [0.4, 0.5) is 14.6 Å². The predicted molar refractivity (Wildman–Crippen MR) is 129 cm³/mol. The highest BCUT2D eigenvalue weighted by Crippen LogP contribution is 2.46. The van der Waals surface area contributed by atoms with Crippen molar-refractivity contribution in [2.24, 2.45) is 0 Å². The third-order valence-electron chi connectivity index (χ3n) is 6.25. The van der Waals surface area contributed by atoms with Gasteiger partial charge in [0.25, 0.3) is 5.92 Å². The fourth-order valence-electron chi connectivity index (χ4n) is 4.17. The second-order valence-corrected chi connectivity index (χ2v) is 12.0. The van der Waals surface area contributed by atoms with E-state index >= 15 is 0 Å². The number of carbonyl (C=O) groups excluding carboxylic acids is 1. The number of aryl methyl sites for hydroxylation is 1. The van der Waals surface area contributed by atoms with E-state index < -0.39 is 13.1 Å². The molecule has 1 fully saturated rings. The van der Waals surface area contributed by atoms with Crippen LogP contribution in [0.15, 0.2) is 36.5 Å². The normalized spacial score (nSPS) is 16.9. The summed E-state index contributed by atoms with van der Waals surface area (Å²) in [7, 11) is -2.77. The van der Waals surface area contributed by atoms with Gasteiger partial charge in [-0.1, -0.05) is 18.2 Å². The highest BCUT2D eigenvalue weighted by Gasteiger charge is 2.33. The number of rotatable bonds is 5. The van der Waals surface area contributed by atoms with Crippen molar-refractivity contribution in [2.75, 3.05) is 30.7 Å². The first kappa shape index (κ1) is 24.2. The van der Waals surface area contributed by atoms with Gasteiger partial charge in [-0.2, -0.15) is 0 Å². The number of pyridine rings is 1. The Kier molecular flexibility index (Phi) is 6.42. The van der Waals surface area contributed by atoms with E-state index in [1.54, 1.807) is 36.2 Å². The van der Waals surface area contributed by atoms with Gasteiger partial charge in [-0.05, 0) is 31.5 Å². The summed E-state index contributed by atoms with van der Waals surface area (Å²) in [6.45, 7) is 6.91. The number of aromatic nitrogens is 3. The summed E-state index contributed by atoms with van der Waals surface area (Å²) in [4.78, 5) is 26.8. The Bertz CT molecular complexity index is 1280. The van der Waals surface area contributed by atoms with Gasteiger partial charge >= 0.3 is 0 Å². The number of alkyl halides is 2. The van der Waals surface area contributed by atoms with Crippen molar-refractivity contribution in [3.8, 4) is 0 Å². The van der Waals surface area contributed by atoms with Gasteiger partial charge in [-0.3, -0.25) is 9.78 Å². The molecule has 1 amide bonds. The van der Waals surface area contributed by atoms with Gasteiger partial charge in [0, 0.05) is 56.3 Å². The predicted octanol–water partition coefficient (Wildman–Crippen LogP) is 4.47. The lowest BCUT2D eigenvalue weighted by Gasteiger charge is -2.31. The fraction of sp³-hybridized carbons (Fsp3) is 0.417. The molecule has 0 saturated carbocycles. The van der Waals surface area contributed by atoms with Crippen LogP contribution in [0.25, 0.3) is 10.9 Å². The summed E-state index contributed by atoms with van der Waals surface area (Å²) >= 11 is 0. The van der Waals surface area contributed by atoms with Crippen molar-refractivity contribution in [3.63, 3.8) is 0 Å². The molecule has 4 rings (SSSR count). The number of fused-ring (bicyclic) bond motifs is 1. The van der Waals surface area contributed by atoms with E-state index in [0.717, 1.165) is 6.92 Å². The molecule has 1 aliphatic rings. The van der Waals surface area contributed by atoms with Crippen molar-refractivity contribution in [2.45, 2.75) is 39.7 Å². The second kappa shape index (κ2) is 9.02.